The Morgan fingerprint density at radius 2 is 1.81 bits per heavy atom. The summed E-state index contributed by atoms with van der Waals surface area (Å²) in [5.41, 5.74) is 0.451. The molecule has 0 saturated heterocycles. The van der Waals surface area contributed by atoms with E-state index in [1.807, 2.05) is 6.92 Å². The molecule has 0 atom stereocenters. The van der Waals surface area contributed by atoms with Crippen LogP contribution in [0.4, 0.5) is 14.5 Å². The van der Waals surface area contributed by atoms with Gasteiger partial charge in [-0.2, -0.15) is 0 Å². The molecule has 2 nitrogen and oxygen atoms in total. The van der Waals surface area contributed by atoms with Crippen LogP contribution in [0.15, 0.2) is 18.2 Å². The minimum atomic E-state index is -0.903. The Bertz CT molecular complexity index is 526. The average molecular weight is 293 g/mol. The normalized spacial score (nSPS) is 18.1. The highest BCUT2D eigenvalue weighted by Gasteiger charge is 2.42. The Labute approximate surface area is 124 Å². The van der Waals surface area contributed by atoms with Gasteiger partial charge in [-0.25, -0.2) is 8.78 Å². The number of hydrogen-bond donors (Lipinski definition) is 0. The molecule has 1 amide bonds. The highest BCUT2D eigenvalue weighted by molar-refractivity contribution is 5.93. The van der Waals surface area contributed by atoms with Gasteiger partial charge < -0.3 is 4.90 Å². The number of amides is 1. The van der Waals surface area contributed by atoms with E-state index in [1.165, 1.54) is 31.7 Å². The third-order valence-electron chi connectivity index (χ3n) is 4.70. The number of carbonyl (C=O) groups excluding carboxylic acids is 1. The van der Waals surface area contributed by atoms with E-state index in [2.05, 4.69) is 0 Å². The van der Waals surface area contributed by atoms with Crippen molar-refractivity contribution in [3.63, 3.8) is 0 Å². The maximum absolute atomic E-state index is 13.4. The van der Waals surface area contributed by atoms with Crippen molar-refractivity contribution >= 4 is 11.6 Å². The van der Waals surface area contributed by atoms with Crippen molar-refractivity contribution in [3.8, 4) is 0 Å². The van der Waals surface area contributed by atoms with Crippen LogP contribution in [0.2, 0.25) is 0 Å². The maximum Gasteiger partial charge on any atom is 0.227 e. The van der Waals surface area contributed by atoms with Gasteiger partial charge in [0.2, 0.25) is 5.91 Å². The third-order valence-corrected chi connectivity index (χ3v) is 4.70. The summed E-state index contributed by atoms with van der Waals surface area (Å²) in [6, 6.07) is 3.67. The van der Waals surface area contributed by atoms with Crippen molar-refractivity contribution in [1.82, 2.24) is 0 Å². The molecule has 0 unspecified atom stereocenters. The molecule has 0 radical (unpaired) electrons. The lowest BCUT2D eigenvalue weighted by Gasteiger charge is -2.24. The Morgan fingerprint density at radius 3 is 2.29 bits per heavy atom. The molecule has 114 valence electrons. The molecular weight excluding hydrogens is 272 g/mol. The Balaban J connectivity index is 1.72. The number of rotatable bonds is 6. The van der Waals surface area contributed by atoms with Crippen LogP contribution < -0.4 is 4.90 Å². The fourth-order valence-electron chi connectivity index (χ4n) is 3.23. The number of nitrogens with zero attached hydrogens (tertiary/aromatic N) is 1. The summed E-state index contributed by atoms with van der Waals surface area (Å²) in [5, 5.41) is 0. The van der Waals surface area contributed by atoms with E-state index in [4.69, 9.17) is 0 Å². The molecule has 2 aliphatic rings. The summed E-state index contributed by atoms with van der Waals surface area (Å²) in [6.07, 6.45) is 5.51. The van der Waals surface area contributed by atoms with Crippen LogP contribution in [0.25, 0.3) is 0 Å². The third kappa shape index (κ3) is 3.25. The topological polar surface area (TPSA) is 20.3 Å². The molecule has 0 heterocycles. The first-order valence-corrected chi connectivity index (χ1v) is 7.85. The molecule has 0 aromatic heterocycles. The lowest BCUT2D eigenvalue weighted by Crippen LogP contribution is -2.33. The van der Waals surface area contributed by atoms with Gasteiger partial charge in [-0.3, -0.25) is 4.79 Å². The predicted octanol–water partition coefficient (Wildman–Crippen LogP) is 4.14. The van der Waals surface area contributed by atoms with Gasteiger partial charge in [-0.15, -0.1) is 0 Å². The van der Waals surface area contributed by atoms with Crippen LogP contribution in [0.1, 0.15) is 39.0 Å². The molecule has 21 heavy (non-hydrogen) atoms. The van der Waals surface area contributed by atoms with E-state index in [-0.39, 0.29) is 5.91 Å². The average Bonchev–Trinajstić information content (AvgIpc) is 3.34. The second-order valence-electron chi connectivity index (χ2n) is 6.28. The lowest BCUT2D eigenvalue weighted by atomic mass is 9.93. The first-order valence-electron chi connectivity index (χ1n) is 7.85. The van der Waals surface area contributed by atoms with E-state index in [0.29, 0.717) is 36.4 Å². The van der Waals surface area contributed by atoms with E-state index in [1.54, 1.807) is 4.90 Å². The second-order valence-corrected chi connectivity index (χ2v) is 6.28. The molecule has 0 spiro atoms. The predicted molar refractivity (Wildman–Crippen MR) is 77.9 cm³/mol. The Hall–Kier alpha value is -1.45. The zero-order valence-electron chi connectivity index (χ0n) is 12.3. The van der Waals surface area contributed by atoms with Gasteiger partial charge in [-0.1, -0.05) is 0 Å². The van der Waals surface area contributed by atoms with Gasteiger partial charge in [-0.05, 0) is 62.5 Å². The van der Waals surface area contributed by atoms with Crippen LogP contribution in [-0.4, -0.2) is 12.5 Å². The minimum absolute atomic E-state index is 0.0345. The fraction of sp³-hybridized carbons (Fsp3) is 0.588. The summed E-state index contributed by atoms with van der Waals surface area (Å²) < 4.78 is 26.4. The first-order chi connectivity index (χ1) is 10.1. The molecule has 0 N–H and O–H groups in total. The van der Waals surface area contributed by atoms with Gasteiger partial charge in [0.1, 0.15) is 0 Å². The molecule has 0 bridgehead atoms. The smallest absolute Gasteiger partial charge is 0.227 e. The van der Waals surface area contributed by atoms with Crippen LogP contribution in [0.5, 0.6) is 0 Å². The van der Waals surface area contributed by atoms with Gasteiger partial charge >= 0.3 is 0 Å². The van der Waals surface area contributed by atoms with E-state index >= 15 is 0 Å². The van der Waals surface area contributed by atoms with Crippen LogP contribution in [-0.2, 0) is 4.79 Å². The summed E-state index contributed by atoms with van der Waals surface area (Å²) in [6.45, 7) is 2.34. The maximum atomic E-state index is 13.4. The number of anilines is 1. The van der Waals surface area contributed by atoms with Gasteiger partial charge in [0, 0.05) is 24.7 Å². The number of halogens is 2. The van der Waals surface area contributed by atoms with Crippen molar-refractivity contribution in [2.45, 2.75) is 39.0 Å². The summed E-state index contributed by atoms with van der Waals surface area (Å²) in [4.78, 5) is 14.1. The molecule has 2 aliphatic carbocycles. The molecule has 1 aromatic rings. The number of carbonyl (C=O) groups is 1. The monoisotopic (exact) mass is 293 g/mol. The van der Waals surface area contributed by atoms with Crippen molar-refractivity contribution in [2.75, 3.05) is 11.4 Å². The van der Waals surface area contributed by atoms with Crippen molar-refractivity contribution < 1.29 is 13.6 Å². The second kappa shape index (κ2) is 5.74. The van der Waals surface area contributed by atoms with Crippen LogP contribution >= 0.6 is 0 Å². The van der Waals surface area contributed by atoms with Crippen LogP contribution in [0, 0.1) is 29.4 Å². The summed E-state index contributed by atoms with van der Waals surface area (Å²) in [7, 11) is 0. The van der Waals surface area contributed by atoms with Gasteiger partial charge in [0.05, 0.1) is 0 Å². The zero-order chi connectivity index (χ0) is 15.0. The molecule has 4 heteroatoms. The van der Waals surface area contributed by atoms with Crippen molar-refractivity contribution in [2.24, 2.45) is 17.8 Å². The largest absolute Gasteiger partial charge is 0.313 e. The van der Waals surface area contributed by atoms with Crippen molar-refractivity contribution in [1.29, 1.82) is 0 Å². The lowest BCUT2D eigenvalue weighted by molar-refractivity contribution is -0.119. The summed E-state index contributed by atoms with van der Waals surface area (Å²) >= 11 is 0. The standard InChI is InChI=1S/C17H21F2NO/c1-2-20(13-7-8-15(18)16(19)9-13)17(21)10-14(11-3-4-11)12-5-6-12/h7-9,11-12,14H,2-6,10H2,1H3. The Kier molecular flexibility index (Phi) is 3.96. The quantitative estimate of drug-likeness (QED) is 0.771. The van der Waals surface area contributed by atoms with Crippen molar-refractivity contribution in [3.05, 3.63) is 29.8 Å². The molecule has 2 saturated carbocycles. The van der Waals surface area contributed by atoms with Gasteiger partial charge in [0.15, 0.2) is 11.6 Å². The first kappa shape index (κ1) is 14.5. The molecule has 0 aliphatic heterocycles. The van der Waals surface area contributed by atoms with E-state index in [9.17, 15) is 13.6 Å². The molecular formula is C17H21F2NO. The number of hydrogen-bond acceptors (Lipinski definition) is 1. The van der Waals surface area contributed by atoms with E-state index in [0.717, 1.165) is 12.1 Å². The molecule has 2 fully saturated rings. The van der Waals surface area contributed by atoms with Gasteiger partial charge in [0.25, 0.3) is 0 Å². The van der Waals surface area contributed by atoms with Crippen LogP contribution in [0.3, 0.4) is 0 Å². The zero-order valence-corrected chi connectivity index (χ0v) is 12.3. The molecule has 1 aromatic carbocycles. The minimum Gasteiger partial charge on any atom is -0.313 e. The Morgan fingerprint density at radius 1 is 1.19 bits per heavy atom. The highest BCUT2D eigenvalue weighted by atomic mass is 19.2. The highest BCUT2D eigenvalue weighted by Crippen LogP contribution is 2.50. The fourth-order valence-corrected chi connectivity index (χ4v) is 3.23. The van der Waals surface area contributed by atoms with E-state index < -0.39 is 11.6 Å². The number of benzene rings is 1. The molecule has 3 rings (SSSR count). The SMILES string of the molecule is CCN(C(=O)CC(C1CC1)C1CC1)c1ccc(F)c(F)c1. The summed E-state index contributed by atoms with van der Waals surface area (Å²) in [5.74, 6) is 0.176.